The summed E-state index contributed by atoms with van der Waals surface area (Å²) in [4.78, 5) is 12.0. The zero-order chi connectivity index (χ0) is 13.1. The molecule has 0 spiro atoms. The van der Waals surface area contributed by atoms with Crippen LogP contribution in [-0.4, -0.2) is 5.78 Å². The lowest BCUT2D eigenvalue weighted by atomic mass is 10.1. The molecule has 0 aliphatic heterocycles. The van der Waals surface area contributed by atoms with Crippen LogP contribution in [0.4, 0.5) is 4.39 Å². The Morgan fingerprint density at radius 2 is 1.89 bits per heavy atom. The van der Waals surface area contributed by atoms with E-state index in [1.165, 1.54) is 12.1 Å². The summed E-state index contributed by atoms with van der Waals surface area (Å²) in [6, 6.07) is 9.95. The molecule has 2 nitrogen and oxygen atoms in total. The second kappa shape index (κ2) is 5.08. The first kappa shape index (κ1) is 12.4. The molecule has 0 amide bonds. The van der Waals surface area contributed by atoms with Gasteiger partial charge in [-0.25, -0.2) is 4.39 Å². The van der Waals surface area contributed by atoms with Crippen LogP contribution in [0.3, 0.4) is 0 Å². The van der Waals surface area contributed by atoms with Crippen molar-refractivity contribution in [1.82, 2.24) is 0 Å². The Morgan fingerprint density at radius 1 is 1.17 bits per heavy atom. The van der Waals surface area contributed by atoms with Crippen molar-refractivity contribution in [1.29, 1.82) is 0 Å². The van der Waals surface area contributed by atoms with Crippen molar-refractivity contribution < 1.29 is 13.8 Å². The smallest absolute Gasteiger partial charge is 0.230 e. The average molecular weight is 244 g/mol. The lowest BCUT2D eigenvalue weighted by Gasteiger charge is -2.03. The minimum Gasteiger partial charge on any atom is -0.287 e. The molecular formula is C15H15FNO+. The first-order chi connectivity index (χ1) is 8.59. The van der Waals surface area contributed by atoms with E-state index in [1.54, 1.807) is 12.1 Å². The van der Waals surface area contributed by atoms with E-state index in [2.05, 4.69) is 0 Å². The summed E-state index contributed by atoms with van der Waals surface area (Å²) in [6.07, 6.45) is 1.83. The van der Waals surface area contributed by atoms with Gasteiger partial charge in [0.15, 0.2) is 11.9 Å². The Balaban J connectivity index is 2.27. The quantitative estimate of drug-likeness (QED) is 0.600. The van der Waals surface area contributed by atoms with Crippen LogP contribution in [0.1, 0.15) is 21.6 Å². The van der Waals surface area contributed by atoms with Gasteiger partial charge in [-0.3, -0.25) is 4.79 Å². The summed E-state index contributed by atoms with van der Waals surface area (Å²) in [5.74, 6) is -0.680. The molecule has 2 aromatic rings. The zero-order valence-corrected chi connectivity index (χ0v) is 10.5. The first-order valence-corrected chi connectivity index (χ1v) is 5.83. The maximum atomic E-state index is 13.5. The molecule has 0 saturated heterocycles. The van der Waals surface area contributed by atoms with Crippen LogP contribution in [0.25, 0.3) is 0 Å². The summed E-state index contributed by atoms with van der Waals surface area (Å²) in [5, 5.41) is 0. The van der Waals surface area contributed by atoms with Gasteiger partial charge >= 0.3 is 0 Å². The molecule has 3 heteroatoms. The van der Waals surface area contributed by atoms with Gasteiger partial charge in [0, 0.05) is 18.6 Å². The SMILES string of the molecule is Cc1ccc[n+](CC(=O)c2ccccc2F)c1C. The van der Waals surface area contributed by atoms with Crippen molar-refractivity contribution in [3.05, 3.63) is 65.2 Å². The molecule has 0 saturated carbocycles. The first-order valence-electron chi connectivity index (χ1n) is 5.83. The van der Waals surface area contributed by atoms with Crippen molar-refractivity contribution in [2.45, 2.75) is 20.4 Å². The van der Waals surface area contributed by atoms with Crippen molar-refractivity contribution in [2.24, 2.45) is 0 Å². The normalized spacial score (nSPS) is 10.4. The van der Waals surface area contributed by atoms with Crippen molar-refractivity contribution in [3.63, 3.8) is 0 Å². The van der Waals surface area contributed by atoms with Crippen molar-refractivity contribution in [2.75, 3.05) is 0 Å². The highest BCUT2D eigenvalue weighted by atomic mass is 19.1. The van der Waals surface area contributed by atoms with Gasteiger partial charge in [0.2, 0.25) is 12.3 Å². The number of ketones is 1. The number of benzene rings is 1. The van der Waals surface area contributed by atoms with Gasteiger partial charge in [0.25, 0.3) is 0 Å². The van der Waals surface area contributed by atoms with E-state index in [9.17, 15) is 9.18 Å². The van der Waals surface area contributed by atoms with E-state index in [0.717, 1.165) is 11.3 Å². The second-order valence-corrected chi connectivity index (χ2v) is 4.31. The Kier molecular flexibility index (Phi) is 3.51. The number of aryl methyl sites for hydroxylation is 1. The Labute approximate surface area is 106 Å². The summed E-state index contributed by atoms with van der Waals surface area (Å²) in [6.45, 7) is 4.10. The van der Waals surface area contributed by atoms with Crippen LogP contribution < -0.4 is 4.57 Å². The maximum absolute atomic E-state index is 13.5. The monoisotopic (exact) mass is 244 g/mol. The van der Waals surface area contributed by atoms with Gasteiger partial charge in [-0.05, 0) is 25.1 Å². The highest BCUT2D eigenvalue weighted by Crippen LogP contribution is 2.07. The molecule has 0 aliphatic carbocycles. The number of Topliss-reactive ketones (excluding diaryl/α,β-unsaturated/α-hetero) is 1. The number of carbonyl (C=O) groups is 1. The molecule has 2 rings (SSSR count). The lowest BCUT2D eigenvalue weighted by molar-refractivity contribution is -0.689. The average Bonchev–Trinajstić information content (AvgIpc) is 2.35. The Bertz CT molecular complexity index is 593. The lowest BCUT2D eigenvalue weighted by Crippen LogP contribution is -2.41. The van der Waals surface area contributed by atoms with Crippen LogP contribution in [0.15, 0.2) is 42.6 Å². The molecule has 0 radical (unpaired) electrons. The van der Waals surface area contributed by atoms with Crippen molar-refractivity contribution in [3.8, 4) is 0 Å². The fourth-order valence-corrected chi connectivity index (χ4v) is 1.85. The van der Waals surface area contributed by atoms with Gasteiger partial charge in [0.1, 0.15) is 5.82 Å². The molecule has 1 heterocycles. The molecule has 0 fully saturated rings. The topological polar surface area (TPSA) is 20.9 Å². The van der Waals surface area contributed by atoms with Gasteiger partial charge in [-0.1, -0.05) is 12.1 Å². The summed E-state index contributed by atoms with van der Waals surface area (Å²) < 4.78 is 15.3. The highest BCUT2D eigenvalue weighted by molar-refractivity contribution is 5.95. The van der Waals surface area contributed by atoms with Crippen molar-refractivity contribution >= 4 is 5.78 Å². The second-order valence-electron chi connectivity index (χ2n) is 4.31. The van der Waals surface area contributed by atoms with E-state index in [4.69, 9.17) is 0 Å². The summed E-state index contributed by atoms with van der Waals surface area (Å²) in [5.41, 5.74) is 2.27. The highest BCUT2D eigenvalue weighted by Gasteiger charge is 2.17. The molecular weight excluding hydrogens is 229 g/mol. The molecule has 1 aromatic heterocycles. The van der Waals surface area contributed by atoms with Crippen LogP contribution >= 0.6 is 0 Å². The third-order valence-corrected chi connectivity index (χ3v) is 3.10. The standard InChI is InChI=1S/C15H15FNO/c1-11-6-5-9-17(12(11)2)10-15(18)13-7-3-4-8-14(13)16/h3-9H,10H2,1-2H3/q+1. The van der Waals surface area contributed by atoms with Crippen LogP contribution in [0.2, 0.25) is 0 Å². The van der Waals surface area contributed by atoms with Gasteiger partial charge < -0.3 is 0 Å². The molecule has 0 unspecified atom stereocenters. The van der Waals surface area contributed by atoms with Gasteiger partial charge in [-0.2, -0.15) is 4.57 Å². The number of hydrogen-bond donors (Lipinski definition) is 0. The Hall–Kier alpha value is -2.03. The number of nitrogens with zero attached hydrogens (tertiary/aromatic N) is 1. The molecule has 0 bridgehead atoms. The number of halogens is 1. The van der Waals surface area contributed by atoms with E-state index in [0.29, 0.717) is 0 Å². The molecule has 18 heavy (non-hydrogen) atoms. The summed E-state index contributed by atoms with van der Waals surface area (Å²) in [7, 11) is 0. The minimum absolute atomic E-state index is 0.144. The molecule has 0 atom stereocenters. The van der Waals surface area contributed by atoms with E-state index >= 15 is 0 Å². The predicted octanol–water partition coefficient (Wildman–Crippen LogP) is 2.61. The van der Waals surface area contributed by atoms with Crippen LogP contribution in [0, 0.1) is 19.7 Å². The third kappa shape index (κ3) is 2.45. The molecule has 92 valence electrons. The molecule has 0 N–H and O–H groups in total. The maximum Gasteiger partial charge on any atom is 0.230 e. The van der Waals surface area contributed by atoms with Gasteiger partial charge in [0.05, 0.1) is 5.56 Å². The number of carbonyl (C=O) groups excluding carboxylic acids is 1. The van der Waals surface area contributed by atoms with E-state index in [1.807, 2.05) is 36.7 Å². The van der Waals surface area contributed by atoms with Crippen LogP contribution in [-0.2, 0) is 6.54 Å². The van der Waals surface area contributed by atoms with Crippen LogP contribution in [0.5, 0.6) is 0 Å². The van der Waals surface area contributed by atoms with E-state index in [-0.39, 0.29) is 17.9 Å². The van der Waals surface area contributed by atoms with Gasteiger partial charge in [-0.15, -0.1) is 0 Å². The fourth-order valence-electron chi connectivity index (χ4n) is 1.85. The third-order valence-electron chi connectivity index (χ3n) is 3.10. The largest absolute Gasteiger partial charge is 0.287 e. The molecule has 0 aliphatic rings. The summed E-state index contributed by atoms with van der Waals surface area (Å²) >= 11 is 0. The fraction of sp³-hybridized carbons (Fsp3) is 0.200. The number of rotatable bonds is 3. The number of pyridine rings is 1. The molecule has 1 aromatic carbocycles. The minimum atomic E-state index is -0.464. The number of hydrogen-bond acceptors (Lipinski definition) is 1. The zero-order valence-electron chi connectivity index (χ0n) is 10.5. The number of aromatic nitrogens is 1. The van der Waals surface area contributed by atoms with E-state index < -0.39 is 5.82 Å². The predicted molar refractivity (Wildman–Crippen MR) is 66.8 cm³/mol. The Morgan fingerprint density at radius 3 is 2.61 bits per heavy atom.